The predicted octanol–water partition coefficient (Wildman–Crippen LogP) is 0.731. The molecule has 2 rings (SSSR count). The van der Waals surface area contributed by atoms with E-state index in [2.05, 4.69) is 5.32 Å². The molecular formula is C13H20N2O5. The minimum atomic E-state index is -1.13. The van der Waals surface area contributed by atoms with Gasteiger partial charge in [-0.2, -0.15) is 0 Å². The minimum absolute atomic E-state index is 0.268. The van der Waals surface area contributed by atoms with Gasteiger partial charge >= 0.3 is 18.0 Å². The van der Waals surface area contributed by atoms with Crippen LogP contribution < -0.4 is 5.32 Å². The summed E-state index contributed by atoms with van der Waals surface area (Å²) in [6, 6.07) is -1.09. The van der Waals surface area contributed by atoms with Gasteiger partial charge in [0.15, 0.2) is 0 Å². The first-order chi connectivity index (χ1) is 9.50. The van der Waals surface area contributed by atoms with Crippen LogP contribution in [0.5, 0.6) is 0 Å². The monoisotopic (exact) mass is 284 g/mol. The predicted molar refractivity (Wildman–Crippen MR) is 69.1 cm³/mol. The number of rotatable bonds is 4. The molecule has 1 atom stereocenters. The number of carboxylic acid groups (broad SMARTS) is 1. The number of likely N-dealkylation sites (tertiary alicyclic amines) is 1. The largest absolute Gasteiger partial charge is 0.480 e. The number of hydrogen-bond donors (Lipinski definition) is 2. The Bertz CT molecular complexity index is 419. The van der Waals surface area contributed by atoms with E-state index in [1.165, 1.54) is 4.90 Å². The van der Waals surface area contributed by atoms with E-state index in [9.17, 15) is 14.4 Å². The van der Waals surface area contributed by atoms with Crippen molar-refractivity contribution in [1.29, 1.82) is 0 Å². The van der Waals surface area contributed by atoms with Crippen molar-refractivity contribution in [3.8, 4) is 0 Å². The molecule has 0 spiro atoms. The summed E-state index contributed by atoms with van der Waals surface area (Å²) >= 11 is 0. The van der Waals surface area contributed by atoms with Crippen molar-refractivity contribution in [3.05, 3.63) is 0 Å². The van der Waals surface area contributed by atoms with Crippen molar-refractivity contribution < 1.29 is 24.2 Å². The maximum atomic E-state index is 12.2. The van der Waals surface area contributed by atoms with E-state index in [0.29, 0.717) is 25.8 Å². The highest BCUT2D eigenvalue weighted by Crippen LogP contribution is 2.36. The molecule has 0 aromatic carbocycles. The van der Waals surface area contributed by atoms with E-state index in [1.54, 1.807) is 6.92 Å². The zero-order valence-corrected chi connectivity index (χ0v) is 11.6. The fourth-order valence-corrected chi connectivity index (χ4v) is 2.45. The fourth-order valence-electron chi connectivity index (χ4n) is 2.45. The van der Waals surface area contributed by atoms with Gasteiger partial charge in [-0.15, -0.1) is 0 Å². The van der Waals surface area contributed by atoms with Gasteiger partial charge in [-0.25, -0.2) is 14.4 Å². The van der Waals surface area contributed by atoms with Crippen molar-refractivity contribution >= 4 is 18.0 Å². The van der Waals surface area contributed by atoms with E-state index in [4.69, 9.17) is 9.84 Å². The quantitative estimate of drug-likeness (QED) is 0.742. The number of amides is 2. The third kappa shape index (κ3) is 2.86. The van der Waals surface area contributed by atoms with Gasteiger partial charge in [-0.05, 0) is 39.0 Å². The second-order valence-electron chi connectivity index (χ2n) is 5.27. The number of ether oxygens (including phenoxy) is 1. The molecule has 1 saturated heterocycles. The van der Waals surface area contributed by atoms with Gasteiger partial charge in [0.1, 0.15) is 11.6 Å². The first-order valence-corrected chi connectivity index (χ1v) is 6.99. The molecule has 1 heterocycles. The molecule has 2 amide bonds. The standard InChI is InChI=1S/C13H20N2O5/c1-2-20-10(16)9-5-3-4-8-15(9)12(19)14-13(6-7-13)11(17)18/h9H,2-8H2,1H3,(H,14,19)(H,17,18). The normalized spacial score (nSPS) is 23.9. The molecule has 112 valence electrons. The molecule has 2 fully saturated rings. The van der Waals surface area contributed by atoms with E-state index in [-0.39, 0.29) is 6.61 Å². The molecule has 1 aliphatic carbocycles. The number of carbonyl (C=O) groups is 3. The highest BCUT2D eigenvalue weighted by atomic mass is 16.5. The summed E-state index contributed by atoms with van der Waals surface area (Å²) in [6.07, 6.45) is 3.10. The summed E-state index contributed by atoms with van der Waals surface area (Å²) in [5.74, 6) is -1.43. The molecule has 2 aliphatic rings. The number of nitrogens with zero attached hydrogens (tertiary/aromatic N) is 1. The molecule has 1 unspecified atom stereocenters. The Morgan fingerprint density at radius 1 is 1.35 bits per heavy atom. The lowest BCUT2D eigenvalue weighted by molar-refractivity contribution is -0.149. The van der Waals surface area contributed by atoms with Crippen LogP contribution in [-0.4, -0.2) is 52.7 Å². The Morgan fingerprint density at radius 2 is 2.05 bits per heavy atom. The van der Waals surface area contributed by atoms with Crippen LogP contribution in [0.3, 0.4) is 0 Å². The lowest BCUT2D eigenvalue weighted by Gasteiger charge is -2.34. The third-order valence-electron chi connectivity index (χ3n) is 3.83. The Labute approximate surface area is 117 Å². The number of aliphatic carboxylic acids is 1. The lowest BCUT2D eigenvalue weighted by Crippen LogP contribution is -2.56. The number of piperidine rings is 1. The van der Waals surface area contributed by atoms with Crippen molar-refractivity contribution in [2.45, 2.75) is 50.6 Å². The van der Waals surface area contributed by atoms with Crippen LogP contribution >= 0.6 is 0 Å². The smallest absolute Gasteiger partial charge is 0.329 e. The van der Waals surface area contributed by atoms with Crippen molar-refractivity contribution in [1.82, 2.24) is 10.2 Å². The number of nitrogens with one attached hydrogen (secondary N) is 1. The first-order valence-electron chi connectivity index (χ1n) is 6.99. The van der Waals surface area contributed by atoms with Gasteiger partial charge in [0.2, 0.25) is 0 Å². The Balaban J connectivity index is 2.02. The summed E-state index contributed by atoms with van der Waals surface area (Å²) < 4.78 is 4.98. The summed E-state index contributed by atoms with van der Waals surface area (Å²) in [7, 11) is 0. The first kappa shape index (κ1) is 14.6. The molecule has 7 nitrogen and oxygen atoms in total. The van der Waals surface area contributed by atoms with Gasteiger partial charge in [-0.1, -0.05) is 0 Å². The zero-order chi connectivity index (χ0) is 14.8. The van der Waals surface area contributed by atoms with Crippen LogP contribution in [0, 0.1) is 0 Å². The Hall–Kier alpha value is -1.79. The number of carbonyl (C=O) groups excluding carboxylic acids is 2. The maximum Gasteiger partial charge on any atom is 0.329 e. The third-order valence-corrected chi connectivity index (χ3v) is 3.83. The molecule has 0 aromatic heterocycles. The van der Waals surface area contributed by atoms with Gasteiger partial charge in [0.25, 0.3) is 0 Å². The maximum absolute atomic E-state index is 12.2. The van der Waals surface area contributed by atoms with Crippen LogP contribution in [0.2, 0.25) is 0 Å². The zero-order valence-electron chi connectivity index (χ0n) is 11.6. The fraction of sp³-hybridized carbons (Fsp3) is 0.769. The molecular weight excluding hydrogens is 264 g/mol. The van der Waals surface area contributed by atoms with Crippen LogP contribution in [0.4, 0.5) is 4.79 Å². The van der Waals surface area contributed by atoms with Crippen molar-refractivity contribution in [2.75, 3.05) is 13.2 Å². The number of urea groups is 1. The van der Waals surface area contributed by atoms with Crippen molar-refractivity contribution in [2.24, 2.45) is 0 Å². The van der Waals surface area contributed by atoms with E-state index in [1.807, 2.05) is 0 Å². The molecule has 1 saturated carbocycles. The van der Waals surface area contributed by atoms with E-state index >= 15 is 0 Å². The molecule has 2 N–H and O–H groups in total. The highest BCUT2D eigenvalue weighted by Gasteiger charge is 2.52. The number of esters is 1. The van der Waals surface area contributed by atoms with Crippen LogP contribution in [0.15, 0.2) is 0 Å². The molecule has 0 radical (unpaired) electrons. The molecule has 1 aliphatic heterocycles. The highest BCUT2D eigenvalue weighted by molar-refractivity contribution is 5.90. The SMILES string of the molecule is CCOC(=O)C1CCCCN1C(=O)NC1(C(=O)O)CC1. The van der Waals surface area contributed by atoms with Gasteiger partial charge in [0, 0.05) is 6.54 Å². The van der Waals surface area contributed by atoms with Crippen LogP contribution in [0.25, 0.3) is 0 Å². The Kier molecular flexibility index (Phi) is 4.15. The molecule has 0 aromatic rings. The van der Waals surface area contributed by atoms with Gasteiger partial charge in [0.05, 0.1) is 6.61 Å². The minimum Gasteiger partial charge on any atom is -0.480 e. The average molecular weight is 284 g/mol. The summed E-state index contributed by atoms with van der Waals surface area (Å²) in [5.41, 5.74) is -1.13. The lowest BCUT2D eigenvalue weighted by atomic mass is 10.0. The molecule has 0 bridgehead atoms. The second-order valence-corrected chi connectivity index (χ2v) is 5.27. The second kappa shape index (κ2) is 5.68. The average Bonchev–Trinajstić information content (AvgIpc) is 3.20. The van der Waals surface area contributed by atoms with Crippen molar-refractivity contribution in [3.63, 3.8) is 0 Å². The Morgan fingerprint density at radius 3 is 2.60 bits per heavy atom. The topological polar surface area (TPSA) is 95.9 Å². The van der Waals surface area contributed by atoms with Gasteiger partial charge < -0.3 is 20.1 Å². The van der Waals surface area contributed by atoms with E-state index < -0.39 is 29.6 Å². The summed E-state index contributed by atoms with van der Waals surface area (Å²) in [6.45, 7) is 2.43. The molecule has 20 heavy (non-hydrogen) atoms. The van der Waals surface area contributed by atoms with E-state index in [0.717, 1.165) is 12.8 Å². The molecule has 7 heteroatoms. The van der Waals surface area contributed by atoms with Crippen LogP contribution in [-0.2, 0) is 14.3 Å². The van der Waals surface area contributed by atoms with Gasteiger partial charge in [-0.3, -0.25) is 0 Å². The summed E-state index contributed by atoms with van der Waals surface area (Å²) in [4.78, 5) is 36.6. The summed E-state index contributed by atoms with van der Waals surface area (Å²) in [5, 5.41) is 11.6. The number of hydrogen-bond acceptors (Lipinski definition) is 4. The van der Waals surface area contributed by atoms with Crippen LogP contribution in [0.1, 0.15) is 39.0 Å². The number of carboxylic acids is 1.